The van der Waals surface area contributed by atoms with Crippen LogP contribution in [0.4, 0.5) is 0 Å². The summed E-state index contributed by atoms with van der Waals surface area (Å²) in [6.07, 6.45) is 0.389. The molecule has 2 rings (SSSR count). The summed E-state index contributed by atoms with van der Waals surface area (Å²) in [6, 6.07) is 7.37. The van der Waals surface area contributed by atoms with Gasteiger partial charge in [-0.25, -0.2) is 0 Å². The Kier molecular flexibility index (Phi) is 5.22. The zero-order chi connectivity index (χ0) is 15.2. The molecule has 0 aliphatic carbocycles. The van der Waals surface area contributed by atoms with Crippen LogP contribution in [-0.2, 0) is 11.2 Å². The lowest BCUT2D eigenvalue weighted by Gasteiger charge is -2.18. The standard InChI is InChI=1S/C16H19NO3S/c1-11(17-16(18)8-12-6-7-21-10-12)14-9-13(19-2)4-5-15(14)20-3/h4-7,9-11H,8H2,1-3H3,(H,17,18)/t11-/m0/s1. The molecule has 0 aliphatic rings. The first-order valence-electron chi connectivity index (χ1n) is 6.66. The van der Waals surface area contributed by atoms with Gasteiger partial charge in [-0.05, 0) is 47.5 Å². The molecule has 0 bridgehead atoms. The summed E-state index contributed by atoms with van der Waals surface area (Å²) in [4.78, 5) is 12.1. The van der Waals surface area contributed by atoms with Gasteiger partial charge in [0, 0.05) is 5.56 Å². The molecule has 0 saturated carbocycles. The molecule has 21 heavy (non-hydrogen) atoms. The van der Waals surface area contributed by atoms with Crippen molar-refractivity contribution in [2.75, 3.05) is 14.2 Å². The van der Waals surface area contributed by atoms with E-state index in [1.165, 1.54) is 0 Å². The fourth-order valence-corrected chi connectivity index (χ4v) is 2.80. The van der Waals surface area contributed by atoms with E-state index in [2.05, 4.69) is 5.32 Å². The highest BCUT2D eigenvalue weighted by atomic mass is 32.1. The van der Waals surface area contributed by atoms with Crippen molar-refractivity contribution in [1.82, 2.24) is 5.32 Å². The van der Waals surface area contributed by atoms with Gasteiger partial charge in [0.25, 0.3) is 0 Å². The largest absolute Gasteiger partial charge is 0.497 e. The first-order valence-corrected chi connectivity index (χ1v) is 7.60. The molecule has 0 spiro atoms. The highest BCUT2D eigenvalue weighted by molar-refractivity contribution is 7.07. The van der Waals surface area contributed by atoms with Gasteiger partial charge in [-0.1, -0.05) is 0 Å². The van der Waals surface area contributed by atoms with Gasteiger partial charge in [0.2, 0.25) is 5.91 Å². The SMILES string of the molecule is COc1ccc(OC)c([C@H](C)NC(=O)Cc2ccsc2)c1. The van der Waals surface area contributed by atoms with E-state index in [0.717, 1.165) is 22.6 Å². The Morgan fingerprint density at radius 1 is 1.29 bits per heavy atom. The number of ether oxygens (including phenoxy) is 2. The molecule has 1 aromatic carbocycles. The number of nitrogens with one attached hydrogen (secondary N) is 1. The van der Waals surface area contributed by atoms with Crippen LogP contribution in [0, 0.1) is 0 Å². The zero-order valence-electron chi connectivity index (χ0n) is 12.4. The van der Waals surface area contributed by atoms with Crippen LogP contribution in [0.5, 0.6) is 11.5 Å². The average Bonchev–Trinajstić information content (AvgIpc) is 2.99. The van der Waals surface area contributed by atoms with Gasteiger partial charge < -0.3 is 14.8 Å². The van der Waals surface area contributed by atoms with Crippen LogP contribution >= 0.6 is 11.3 Å². The molecule has 2 aromatic rings. The minimum absolute atomic E-state index is 0.00854. The van der Waals surface area contributed by atoms with Crippen LogP contribution in [0.15, 0.2) is 35.0 Å². The Morgan fingerprint density at radius 3 is 2.71 bits per heavy atom. The second kappa shape index (κ2) is 7.13. The van der Waals surface area contributed by atoms with Gasteiger partial charge in [0.05, 0.1) is 26.7 Å². The maximum Gasteiger partial charge on any atom is 0.224 e. The predicted molar refractivity (Wildman–Crippen MR) is 84.1 cm³/mol. The zero-order valence-corrected chi connectivity index (χ0v) is 13.2. The summed E-state index contributed by atoms with van der Waals surface area (Å²) in [5, 5.41) is 6.94. The van der Waals surface area contributed by atoms with Gasteiger partial charge in [0.1, 0.15) is 11.5 Å². The van der Waals surface area contributed by atoms with Crippen LogP contribution in [-0.4, -0.2) is 20.1 Å². The Bertz CT molecular complexity index is 596. The lowest BCUT2D eigenvalue weighted by atomic mass is 10.1. The third kappa shape index (κ3) is 3.98. The number of benzene rings is 1. The molecule has 5 heteroatoms. The van der Waals surface area contributed by atoms with E-state index in [4.69, 9.17) is 9.47 Å². The quantitative estimate of drug-likeness (QED) is 0.891. The van der Waals surface area contributed by atoms with Crippen molar-refractivity contribution in [3.05, 3.63) is 46.2 Å². The molecule has 1 N–H and O–H groups in total. The van der Waals surface area contributed by atoms with E-state index < -0.39 is 0 Å². The highest BCUT2D eigenvalue weighted by Gasteiger charge is 2.15. The van der Waals surface area contributed by atoms with Gasteiger partial charge in [0.15, 0.2) is 0 Å². The summed E-state index contributed by atoms with van der Waals surface area (Å²) in [5.74, 6) is 1.47. The number of rotatable bonds is 6. The van der Waals surface area contributed by atoms with Crippen LogP contribution in [0.25, 0.3) is 0 Å². The average molecular weight is 305 g/mol. The van der Waals surface area contributed by atoms with Crippen LogP contribution < -0.4 is 14.8 Å². The molecule has 0 aliphatic heterocycles. The Morgan fingerprint density at radius 2 is 2.10 bits per heavy atom. The van der Waals surface area contributed by atoms with Gasteiger partial charge in [-0.2, -0.15) is 11.3 Å². The Hall–Kier alpha value is -2.01. The van der Waals surface area contributed by atoms with Gasteiger partial charge in [-0.15, -0.1) is 0 Å². The van der Waals surface area contributed by atoms with E-state index in [-0.39, 0.29) is 11.9 Å². The molecule has 0 saturated heterocycles. The fraction of sp³-hybridized carbons (Fsp3) is 0.312. The number of thiophene rings is 1. The molecule has 1 amide bonds. The number of carbonyl (C=O) groups is 1. The molecule has 1 heterocycles. The Labute approximate surface area is 128 Å². The van der Waals surface area contributed by atoms with Crippen LogP contribution in [0.3, 0.4) is 0 Å². The molecular formula is C16H19NO3S. The smallest absolute Gasteiger partial charge is 0.224 e. The normalized spacial score (nSPS) is 11.8. The predicted octanol–water partition coefficient (Wildman–Crippen LogP) is 3.19. The molecule has 4 nitrogen and oxygen atoms in total. The fourth-order valence-electron chi connectivity index (χ4n) is 2.13. The van der Waals surface area contributed by atoms with Crippen molar-refractivity contribution >= 4 is 17.2 Å². The lowest BCUT2D eigenvalue weighted by Crippen LogP contribution is -2.28. The molecule has 0 fully saturated rings. The van der Waals surface area contributed by atoms with E-state index in [1.807, 2.05) is 41.9 Å². The minimum atomic E-state index is -0.152. The maximum atomic E-state index is 12.1. The molecular weight excluding hydrogens is 286 g/mol. The molecule has 0 unspecified atom stereocenters. The molecule has 1 aromatic heterocycles. The van der Waals surface area contributed by atoms with E-state index in [0.29, 0.717) is 6.42 Å². The van der Waals surface area contributed by atoms with Crippen LogP contribution in [0.2, 0.25) is 0 Å². The van der Waals surface area contributed by atoms with E-state index in [9.17, 15) is 4.79 Å². The highest BCUT2D eigenvalue weighted by Crippen LogP contribution is 2.29. The van der Waals surface area contributed by atoms with E-state index >= 15 is 0 Å². The summed E-state index contributed by atoms with van der Waals surface area (Å²) in [7, 11) is 3.23. The van der Waals surface area contributed by atoms with Crippen molar-refractivity contribution in [2.24, 2.45) is 0 Å². The summed E-state index contributed by atoms with van der Waals surface area (Å²) < 4.78 is 10.6. The molecule has 0 radical (unpaired) electrons. The first kappa shape index (κ1) is 15.4. The van der Waals surface area contributed by atoms with Crippen molar-refractivity contribution in [3.8, 4) is 11.5 Å². The lowest BCUT2D eigenvalue weighted by molar-refractivity contribution is -0.121. The number of hydrogen-bond acceptors (Lipinski definition) is 4. The second-order valence-corrected chi connectivity index (χ2v) is 5.49. The number of methoxy groups -OCH3 is 2. The minimum Gasteiger partial charge on any atom is -0.497 e. The van der Waals surface area contributed by atoms with Crippen molar-refractivity contribution < 1.29 is 14.3 Å². The van der Waals surface area contributed by atoms with Gasteiger partial charge >= 0.3 is 0 Å². The number of carbonyl (C=O) groups excluding carboxylic acids is 1. The number of amides is 1. The molecule has 112 valence electrons. The first-order chi connectivity index (χ1) is 10.1. The monoisotopic (exact) mass is 305 g/mol. The summed E-state index contributed by atoms with van der Waals surface area (Å²) in [5.41, 5.74) is 1.93. The van der Waals surface area contributed by atoms with E-state index in [1.54, 1.807) is 25.6 Å². The second-order valence-electron chi connectivity index (χ2n) is 4.71. The van der Waals surface area contributed by atoms with Gasteiger partial charge in [-0.3, -0.25) is 4.79 Å². The number of hydrogen-bond donors (Lipinski definition) is 1. The van der Waals surface area contributed by atoms with Crippen LogP contribution in [0.1, 0.15) is 24.1 Å². The maximum absolute atomic E-state index is 12.1. The topological polar surface area (TPSA) is 47.6 Å². The van der Waals surface area contributed by atoms with Crippen molar-refractivity contribution in [2.45, 2.75) is 19.4 Å². The summed E-state index contributed by atoms with van der Waals surface area (Å²) in [6.45, 7) is 1.93. The Balaban J connectivity index is 2.08. The third-order valence-corrected chi connectivity index (χ3v) is 3.96. The molecule has 1 atom stereocenters. The summed E-state index contributed by atoms with van der Waals surface area (Å²) >= 11 is 1.59. The van der Waals surface area contributed by atoms with Crippen molar-refractivity contribution in [3.63, 3.8) is 0 Å². The third-order valence-electron chi connectivity index (χ3n) is 3.23. The van der Waals surface area contributed by atoms with Crippen molar-refractivity contribution in [1.29, 1.82) is 0 Å².